The molecule has 6 rings (SSSR count). The van der Waals surface area contributed by atoms with Gasteiger partial charge in [0.15, 0.2) is 0 Å². The molecule has 0 amide bonds. The summed E-state index contributed by atoms with van der Waals surface area (Å²) in [5.41, 5.74) is 7.58. The van der Waals surface area contributed by atoms with E-state index in [2.05, 4.69) is 111 Å². The highest BCUT2D eigenvalue weighted by Gasteiger charge is 2.16. The van der Waals surface area contributed by atoms with Crippen LogP contribution in [0.25, 0.3) is 54.6 Å². The Morgan fingerprint density at radius 1 is 0.394 bits per heavy atom. The summed E-state index contributed by atoms with van der Waals surface area (Å²) in [6, 6.07) is 37.0. The van der Waals surface area contributed by atoms with Gasteiger partial charge in [0.2, 0.25) is 0 Å². The molecule has 0 aliphatic heterocycles. The first-order valence-corrected chi connectivity index (χ1v) is 11.7. The molecule has 158 valence electrons. The standard InChI is InChI=1S/C32H23Cl/c1-20-9-3-5-11-23(20)29-18-32-27-16-15-22(33)17-28(27)30(24-12-6-4-10-21(24)2)19-31(32)26-14-8-7-13-25(26)29/h3-19H,1-2H3. The van der Waals surface area contributed by atoms with Crippen LogP contribution in [-0.2, 0) is 0 Å². The van der Waals surface area contributed by atoms with E-state index in [1.165, 1.54) is 65.7 Å². The van der Waals surface area contributed by atoms with Gasteiger partial charge in [-0.1, -0.05) is 90.5 Å². The van der Waals surface area contributed by atoms with Gasteiger partial charge >= 0.3 is 0 Å². The molecule has 0 unspecified atom stereocenters. The van der Waals surface area contributed by atoms with Crippen LogP contribution in [0, 0.1) is 13.8 Å². The maximum absolute atomic E-state index is 6.51. The Morgan fingerprint density at radius 3 is 1.48 bits per heavy atom. The molecule has 0 atom stereocenters. The van der Waals surface area contributed by atoms with E-state index in [1.807, 2.05) is 6.07 Å². The Labute approximate surface area is 199 Å². The second kappa shape index (κ2) is 7.76. The van der Waals surface area contributed by atoms with Crippen LogP contribution in [0.1, 0.15) is 11.1 Å². The molecule has 0 bridgehead atoms. The third-order valence-electron chi connectivity index (χ3n) is 6.81. The van der Waals surface area contributed by atoms with Crippen molar-refractivity contribution in [1.82, 2.24) is 0 Å². The SMILES string of the molecule is Cc1ccccc1-c1cc2c3ccc(Cl)cc3c(-c3ccccc3C)cc2c2ccccc12. The van der Waals surface area contributed by atoms with Crippen LogP contribution >= 0.6 is 11.6 Å². The highest BCUT2D eigenvalue weighted by molar-refractivity contribution is 6.32. The minimum Gasteiger partial charge on any atom is -0.0843 e. The monoisotopic (exact) mass is 442 g/mol. The topological polar surface area (TPSA) is 0 Å². The fourth-order valence-electron chi connectivity index (χ4n) is 5.17. The molecular formula is C32H23Cl. The summed E-state index contributed by atoms with van der Waals surface area (Å²) in [5, 5.41) is 8.28. The molecule has 6 aromatic rings. The molecule has 1 heteroatoms. The number of halogens is 1. The average Bonchev–Trinajstić information content (AvgIpc) is 2.84. The van der Waals surface area contributed by atoms with E-state index < -0.39 is 0 Å². The maximum Gasteiger partial charge on any atom is 0.0412 e. The predicted molar refractivity (Wildman–Crippen MR) is 144 cm³/mol. The average molecular weight is 443 g/mol. The Bertz CT molecular complexity index is 1690. The van der Waals surface area contributed by atoms with Gasteiger partial charge < -0.3 is 0 Å². The van der Waals surface area contributed by atoms with Crippen molar-refractivity contribution < 1.29 is 0 Å². The summed E-state index contributed by atoms with van der Waals surface area (Å²) in [6.07, 6.45) is 0. The summed E-state index contributed by atoms with van der Waals surface area (Å²) >= 11 is 6.51. The summed E-state index contributed by atoms with van der Waals surface area (Å²) in [6.45, 7) is 4.36. The number of rotatable bonds is 2. The van der Waals surface area contributed by atoms with Crippen LogP contribution in [0.3, 0.4) is 0 Å². The van der Waals surface area contributed by atoms with Gasteiger partial charge in [-0.25, -0.2) is 0 Å². The van der Waals surface area contributed by atoms with Gasteiger partial charge in [0.05, 0.1) is 0 Å². The molecule has 0 fully saturated rings. The Kier molecular flexibility index (Phi) is 4.71. The van der Waals surface area contributed by atoms with Crippen molar-refractivity contribution >= 4 is 43.9 Å². The molecule has 0 radical (unpaired) electrons. The van der Waals surface area contributed by atoms with Crippen LogP contribution in [0.4, 0.5) is 0 Å². The van der Waals surface area contributed by atoms with Gasteiger partial charge in [0.1, 0.15) is 0 Å². The van der Waals surface area contributed by atoms with Crippen molar-refractivity contribution in [2.75, 3.05) is 0 Å². The first-order valence-electron chi connectivity index (χ1n) is 11.3. The second-order valence-corrected chi connectivity index (χ2v) is 9.25. The van der Waals surface area contributed by atoms with E-state index in [0.29, 0.717) is 0 Å². The van der Waals surface area contributed by atoms with E-state index in [1.54, 1.807) is 0 Å². The van der Waals surface area contributed by atoms with Gasteiger partial charge in [-0.05, 0) is 104 Å². The molecule has 0 nitrogen and oxygen atoms in total. The fraction of sp³-hybridized carbons (Fsp3) is 0.0625. The minimum absolute atomic E-state index is 0.761. The Balaban J connectivity index is 1.83. The van der Waals surface area contributed by atoms with Crippen molar-refractivity contribution in [3.63, 3.8) is 0 Å². The van der Waals surface area contributed by atoms with Crippen molar-refractivity contribution in [3.05, 3.63) is 119 Å². The Morgan fingerprint density at radius 2 is 0.879 bits per heavy atom. The molecular weight excluding hydrogens is 420 g/mol. The first-order chi connectivity index (χ1) is 16.1. The molecule has 0 spiro atoms. The van der Waals surface area contributed by atoms with Gasteiger partial charge in [-0.15, -0.1) is 0 Å². The van der Waals surface area contributed by atoms with Gasteiger partial charge in [0.25, 0.3) is 0 Å². The van der Waals surface area contributed by atoms with E-state index >= 15 is 0 Å². The van der Waals surface area contributed by atoms with Crippen LogP contribution in [0.2, 0.25) is 5.02 Å². The molecule has 0 aliphatic rings. The van der Waals surface area contributed by atoms with Crippen LogP contribution in [0.5, 0.6) is 0 Å². The summed E-state index contributed by atoms with van der Waals surface area (Å²) in [5.74, 6) is 0. The zero-order valence-electron chi connectivity index (χ0n) is 18.7. The molecule has 0 aromatic heterocycles. The van der Waals surface area contributed by atoms with E-state index in [-0.39, 0.29) is 0 Å². The van der Waals surface area contributed by atoms with Crippen molar-refractivity contribution in [2.45, 2.75) is 13.8 Å². The fourth-order valence-corrected chi connectivity index (χ4v) is 5.34. The predicted octanol–water partition coefficient (Wildman–Crippen LogP) is 9.75. The van der Waals surface area contributed by atoms with Gasteiger partial charge in [0, 0.05) is 5.02 Å². The smallest absolute Gasteiger partial charge is 0.0412 e. The number of hydrogen-bond donors (Lipinski definition) is 0. The number of aryl methyl sites for hydroxylation is 2. The Hall–Kier alpha value is -3.61. The summed E-state index contributed by atoms with van der Waals surface area (Å²) in [7, 11) is 0. The van der Waals surface area contributed by atoms with Gasteiger partial charge in [-0.2, -0.15) is 0 Å². The van der Waals surface area contributed by atoms with Crippen LogP contribution < -0.4 is 0 Å². The molecule has 0 N–H and O–H groups in total. The molecule has 0 aliphatic carbocycles. The lowest BCUT2D eigenvalue weighted by molar-refractivity contribution is 1.47. The quantitative estimate of drug-likeness (QED) is 0.234. The number of hydrogen-bond acceptors (Lipinski definition) is 0. The van der Waals surface area contributed by atoms with Crippen molar-refractivity contribution in [3.8, 4) is 22.3 Å². The molecule has 0 heterocycles. The van der Waals surface area contributed by atoms with Crippen LogP contribution in [0.15, 0.2) is 103 Å². The number of fused-ring (bicyclic) bond motifs is 5. The highest BCUT2D eigenvalue weighted by Crippen LogP contribution is 2.43. The van der Waals surface area contributed by atoms with Crippen LogP contribution in [-0.4, -0.2) is 0 Å². The molecule has 0 saturated carbocycles. The summed E-state index contributed by atoms with van der Waals surface area (Å²) in [4.78, 5) is 0. The zero-order chi connectivity index (χ0) is 22.5. The molecule has 33 heavy (non-hydrogen) atoms. The molecule has 0 saturated heterocycles. The number of benzene rings is 6. The lowest BCUT2D eigenvalue weighted by atomic mass is 9.86. The maximum atomic E-state index is 6.51. The summed E-state index contributed by atoms with van der Waals surface area (Å²) < 4.78 is 0. The third-order valence-corrected chi connectivity index (χ3v) is 7.04. The van der Waals surface area contributed by atoms with Crippen molar-refractivity contribution in [1.29, 1.82) is 0 Å². The van der Waals surface area contributed by atoms with E-state index in [4.69, 9.17) is 11.6 Å². The largest absolute Gasteiger partial charge is 0.0843 e. The van der Waals surface area contributed by atoms with Crippen molar-refractivity contribution in [2.24, 2.45) is 0 Å². The lowest BCUT2D eigenvalue weighted by Crippen LogP contribution is -1.91. The lowest BCUT2D eigenvalue weighted by Gasteiger charge is -2.17. The highest BCUT2D eigenvalue weighted by atomic mass is 35.5. The van der Waals surface area contributed by atoms with Gasteiger partial charge in [-0.3, -0.25) is 0 Å². The second-order valence-electron chi connectivity index (χ2n) is 8.81. The normalized spacial score (nSPS) is 11.5. The van der Waals surface area contributed by atoms with E-state index in [9.17, 15) is 0 Å². The minimum atomic E-state index is 0.761. The zero-order valence-corrected chi connectivity index (χ0v) is 19.4. The first kappa shape index (κ1) is 20.0. The van der Waals surface area contributed by atoms with E-state index in [0.717, 1.165) is 5.02 Å². The third kappa shape index (κ3) is 3.22. The molecule has 6 aromatic carbocycles.